The normalized spacial score (nSPS) is 13.9. The van der Waals surface area contributed by atoms with Crippen LogP contribution in [0, 0.1) is 0 Å². The Morgan fingerprint density at radius 2 is 0.917 bits per heavy atom. The number of nitrogens with zero attached hydrogens (tertiary/aromatic N) is 1. The number of unbranched alkanes of at least 4 members (excludes halogenated alkanes) is 27. The average Bonchev–Trinajstić information content (AvgIpc) is 3.20. The van der Waals surface area contributed by atoms with Crippen LogP contribution in [0.3, 0.4) is 0 Å². The van der Waals surface area contributed by atoms with Crippen LogP contribution in [0.2, 0.25) is 0 Å². The standard InChI is InChI=1S/C51H98NO7P/c1-6-8-10-12-14-16-18-20-22-24-26-27-29-31-33-35-37-39-41-43-46-56-48-50(49-58-60(54,55)57-47-45-52(3,4)5)59-51(53)44-42-40-38-36-34-32-30-28-25-23-21-19-17-15-13-11-9-7-2/h14,16,20,22-23,25,50H,6-13,15,17-19,21,24,26-49H2,1-5H3/b16-14-,22-20-,25-23-. The highest BCUT2D eigenvalue weighted by molar-refractivity contribution is 7.45. The first-order chi connectivity index (χ1) is 29.1. The van der Waals surface area contributed by atoms with E-state index in [-0.39, 0.29) is 25.8 Å². The molecule has 0 saturated heterocycles. The molecule has 0 N–H and O–H groups in total. The van der Waals surface area contributed by atoms with Crippen LogP contribution in [-0.2, 0) is 27.9 Å². The molecule has 0 aliphatic carbocycles. The summed E-state index contributed by atoms with van der Waals surface area (Å²) >= 11 is 0. The molecule has 0 heterocycles. The van der Waals surface area contributed by atoms with Gasteiger partial charge in [0.15, 0.2) is 0 Å². The summed E-state index contributed by atoms with van der Waals surface area (Å²) in [6, 6.07) is 0. The second-order valence-electron chi connectivity index (χ2n) is 18.2. The molecule has 2 unspecified atom stereocenters. The van der Waals surface area contributed by atoms with Crippen molar-refractivity contribution in [3.05, 3.63) is 36.5 Å². The van der Waals surface area contributed by atoms with Crippen LogP contribution in [0.5, 0.6) is 0 Å². The Morgan fingerprint density at radius 3 is 1.40 bits per heavy atom. The molecule has 0 aromatic rings. The number of phosphoric ester groups is 1. The molecule has 0 rings (SSSR count). The minimum atomic E-state index is -4.53. The molecule has 0 bridgehead atoms. The van der Waals surface area contributed by atoms with Crippen molar-refractivity contribution in [2.24, 2.45) is 0 Å². The summed E-state index contributed by atoms with van der Waals surface area (Å²) in [6.45, 7) is 5.40. The average molecular weight is 868 g/mol. The number of rotatable bonds is 47. The fraction of sp³-hybridized carbons (Fsp3) is 0.863. The predicted molar refractivity (Wildman–Crippen MR) is 254 cm³/mol. The van der Waals surface area contributed by atoms with E-state index in [2.05, 4.69) is 50.3 Å². The van der Waals surface area contributed by atoms with Crippen molar-refractivity contribution < 1.29 is 37.3 Å². The third-order valence-electron chi connectivity index (χ3n) is 10.9. The molecule has 0 aromatic carbocycles. The van der Waals surface area contributed by atoms with Crippen molar-refractivity contribution in [3.63, 3.8) is 0 Å². The molecule has 2 atom stereocenters. The van der Waals surface area contributed by atoms with Gasteiger partial charge in [-0.05, 0) is 70.6 Å². The maximum Gasteiger partial charge on any atom is 0.306 e. The molecule has 354 valence electrons. The predicted octanol–water partition coefficient (Wildman–Crippen LogP) is 14.7. The quantitative estimate of drug-likeness (QED) is 0.0198. The number of quaternary nitrogens is 1. The minimum Gasteiger partial charge on any atom is -0.756 e. The van der Waals surface area contributed by atoms with Crippen LogP contribution >= 0.6 is 7.82 Å². The van der Waals surface area contributed by atoms with Gasteiger partial charge in [0.25, 0.3) is 7.82 Å². The third-order valence-corrected chi connectivity index (χ3v) is 11.9. The molecule has 0 aliphatic heterocycles. The van der Waals surface area contributed by atoms with Crippen molar-refractivity contribution in [3.8, 4) is 0 Å². The number of phosphoric acid groups is 1. The number of ether oxygens (including phenoxy) is 2. The van der Waals surface area contributed by atoms with Crippen LogP contribution in [0.15, 0.2) is 36.5 Å². The minimum absolute atomic E-state index is 0.0250. The highest BCUT2D eigenvalue weighted by Gasteiger charge is 2.20. The summed E-state index contributed by atoms with van der Waals surface area (Å²) in [5.74, 6) is -0.338. The van der Waals surface area contributed by atoms with E-state index in [1.54, 1.807) is 0 Å². The topological polar surface area (TPSA) is 94.1 Å². The van der Waals surface area contributed by atoms with E-state index in [0.29, 0.717) is 24.1 Å². The Hall–Kier alpha value is -1.28. The van der Waals surface area contributed by atoms with Gasteiger partial charge in [-0.15, -0.1) is 0 Å². The van der Waals surface area contributed by atoms with Gasteiger partial charge < -0.3 is 27.9 Å². The molecular weight excluding hydrogens is 770 g/mol. The van der Waals surface area contributed by atoms with E-state index in [1.807, 2.05) is 21.1 Å². The molecule has 0 spiro atoms. The number of hydrogen-bond donors (Lipinski definition) is 0. The summed E-state index contributed by atoms with van der Waals surface area (Å²) in [4.78, 5) is 25.2. The van der Waals surface area contributed by atoms with Gasteiger partial charge >= 0.3 is 5.97 Å². The summed E-state index contributed by atoms with van der Waals surface area (Å²) in [6.07, 6.45) is 53.0. The summed E-state index contributed by atoms with van der Waals surface area (Å²) in [7, 11) is 1.36. The molecule has 0 amide bonds. The molecule has 0 fully saturated rings. The molecule has 9 heteroatoms. The second kappa shape index (κ2) is 44.3. The lowest BCUT2D eigenvalue weighted by molar-refractivity contribution is -0.870. The van der Waals surface area contributed by atoms with E-state index < -0.39 is 13.9 Å². The molecule has 0 aromatic heterocycles. The second-order valence-corrected chi connectivity index (χ2v) is 19.6. The largest absolute Gasteiger partial charge is 0.756 e. The Balaban J connectivity index is 4.15. The van der Waals surface area contributed by atoms with Gasteiger partial charge in [0, 0.05) is 13.0 Å². The molecule has 0 saturated carbocycles. The fourth-order valence-corrected chi connectivity index (χ4v) is 7.71. The molecule has 8 nitrogen and oxygen atoms in total. The van der Waals surface area contributed by atoms with Crippen molar-refractivity contribution in [2.75, 3.05) is 54.1 Å². The lowest BCUT2D eigenvalue weighted by Gasteiger charge is -2.28. The zero-order valence-corrected chi connectivity index (χ0v) is 41.1. The van der Waals surface area contributed by atoms with Gasteiger partial charge in [0.2, 0.25) is 0 Å². The van der Waals surface area contributed by atoms with Crippen LogP contribution in [0.4, 0.5) is 0 Å². The van der Waals surface area contributed by atoms with Gasteiger partial charge in [-0.1, -0.05) is 185 Å². The first kappa shape index (κ1) is 58.7. The zero-order chi connectivity index (χ0) is 44.1. The van der Waals surface area contributed by atoms with Crippen molar-refractivity contribution >= 4 is 13.8 Å². The van der Waals surface area contributed by atoms with E-state index in [4.69, 9.17) is 18.5 Å². The maximum absolute atomic E-state index is 12.7. The number of esters is 1. The Morgan fingerprint density at radius 1 is 0.517 bits per heavy atom. The van der Waals surface area contributed by atoms with Crippen LogP contribution < -0.4 is 4.89 Å². The van der Waals surface area contributed by atoms with Gasteiger partial charge in [-0.25, -0.2) is 0 Å². The van der Waals surface area contributed by atoms with Gasteiger partial charge in [0.05, 0.1) is 34.4 Å². The van der Waals surface area contributed by atoms with E-state index >= 15 is 0 Å². The van der Waals surface area contributed by atoms with Crippen LogP contribution in [0.1, 0.15) is 226 Å². The Labute approximate surface area is 372 Å². The van der Waals surface area contributed by atoms with Crippen LogP contribution in [-0.4, -0.2) is 70.7 Å². The van der Waals surface area contributed by atoms with E-state index in [9.17, 15) is 14.3 Å². The summed E-state index contributed by atoms with van der Waals surface area (Å²) < 4.78 is 34.7. The highest BCUT2D eigenvalue weighted by Crippen LogP contribution is 2.38. The first-order valence-electron chi connectivity index (χ1n) is 25.2. The van der Waals surface area contributed by atoms with Gasteiger partial charge in [-0.3, -0.25) is 9.36 Å². The Kier molecular flexibility index (Phi) is 43.4. The number of hydrogen-bond acceptors (Lipinski definition) is 7. The summed E-state index contributed by atoms with van der Waals surface area (Å²) in [5.41, 5.74) is 0. The Bertz CT molecular complexity index is 1060. The van der Waals surface area contributed by atoms with Gasteiger partial charge in [-0.2, -0.15) is 0 Å². The van der Waals surface area contributed by atoms with Crippen molar-refractivity contribution in [2.45, 2.75) is 232 Å². The molecule has 0 radical (unpaired) electrons. The van der Waals surface area contributed by atoms with Crippen molar-refractivity contribution in [1.82, 2.24) is 0 Å². The lowest BCUT2D eigenvalue weighted by Crippen LogP contribution is -2.37. The lowest BCUT2D eigenvalue weighted by atomic mass is 10.1. The van der Waals surface area contributed by atoms with E-state index in [0.717, 1.165) is 38.5 Å². The fourth-order valence-electron chi connectivity index (χ4n) is 6.98. The van der Waals surface area contributed by atoms with Crippen molar-refractivity contribution in [1.29, 1.82) is 0 Å². The number of allylic oxidation sites excluding steroid dienone is 6. The van der Waals surface area contributed by atoms with Gasteiger partial charge in [0.1, 0.15) is 19.3 Å². The van der Waals surface area contributed by atoms with E-state index in [1.165, 1.54) is 167 Å². The monoisotopic (exact) mass is 868 g/mol. The molecule has 0 aliphatic rings. The summed E-state index contributed by atoms with van der Waals surface area (Å²) in [5, 5.41) is 0. The number of likely N-dealkylation sites (N-methyl/N-ethyl adjacent to an activating group) is 1. The highest BCUT2D eigenvalue weighted by atomic mass is 31.2. The molecule has 60 heavy (non-hydrogen) atoms. The SMILES string of the molecule is CCCCC/C=C\C/C=C\CCCCCCCCCCCCOCC(COP(=O)([O-])OCC[N+](C)(C)C)OC(=O)CCCCCCCCC/C=C\CCCCCCCCC. The maximum atomic E-state index is 12.7. The number of carbonyl (C=O) groups excluding carboxylic acids is 1. The molecular formula is C51H98NO7P. The third kappa shape index (κ3) is 47.8. The van der Waals surface area contributed by atoms with Crippen LogP contribution in [0.25, 0.3) is 0 Å². The smallest absolute Gasteiger partial charge is 0.306 e. The number of carbonyl (C=O) groups is 1. The zero-order valence-electron chi connectivity index (χ0n) is 40.2. The first-order valence-corrected chi connectivity index (χ1v) is 26.7.